The molecule has 3 N–H and O–H groups in total. The van der Waals surface area contributed by atoms with Crippen LogP contribution in [0.1, 0.15) is 116 Å². The average molecular weight is 803 g/mol. The van der Waals surface area contributed by atoms with Gasteiger partial charge >= 0.3 is 65.2 Å². The molecule has 6 nitrogen and oxygen atoms in total. The minimum atomic E-state index is 0. The first kappa shape index (κ1) is 59.9. The Kier molecular flexibility index (Phi) is 65.1. The van der Waals surface area contributed by atoms with Crippen LogP contribution in [0.25, 0.3) is 0 Å². The first-order valence-electron chi connectivity index (χ1n) is 17.4. The zero-order valence-electron chi connectivity index (χ0n) is 29.7. The van der Waals surface area contributed by atoms with Crippen molar-refractivity contribution in [1.82, 2.24) is 30.7 Å². The number of nitrogens with zero attached hydrogens (tertiary/aromatic N) is 3. The molecule has 3 aliphatic heterocycles. The molecule has 3 rings (SSSR count). The summed E-state index contributed by atoms with van der Waals surface area (Å²) >= 11 is 0. The smallest absolute Gasteiger partial charge is 1.00 e. The maximum atomic E-state index is 3.50. The second kappa shape index (κ2) is 48.9. The first-order chi connectivity index (χ1) is 19.2. The summed E-state index contributed by atoms with van der Waals surface area (Å²) < 4.78 is 0. The fourth-order valence-corrected chi connectivity index (χ4v) is 5.56. The van der Waals surface area contributed by atoms with Crippen molar-refractivity contribution < 1.29 is 102 Å². The van der Waals surface area contributed by atoms with Crippen LogP contribution in [0.4, 0.5) is 0 Å². The van der Waals surface area contributed by atoms with Crippen LogP contribution in [0.15, 0.2) is 0 Å². The molecule has 3 aliphatic rings. The van der Waals surface area contributed by atoms with Crippen molar-refractivity contribution in [3.8, 4) is 0 Å². The van der Waals surface area contributed by atoms with Crippen molar-refractivity contribution in [2.45, 2.75) is 116 Å². The first-order valence-corrected chi connectivity index (χ1v) is 17.4. The van der Waals surface area contributed by atoms with Gasteiger partial charge in [-0.1, -0.05) is 38.5 Å². The molecule has 0 amide bonds. The van der Waals surface area contributed by atoms with Gasteiger partial charge in [-0.2, -0.15) is 0 Å². The molecule has 3 fully saturated rings. The Hall–Kier alpha value is 2.77. The Balaban J connectivity index is -0.000000119. The van der Waals surface area contributed by atoms with Gasteiger partial charge in [-0.15, -0.1) is 0 Å². The molecular formula is C33H72Cl3N6Ti3+3. The summed E-state index contributed by atoms with van der Waals surface area (Å²) in [6.45, 7) is 15.1. The van der Waals surface area contributed by atoms with E-state index in [9.17, 15) is 0 Å². The van der Waals surface area contributed by atoms with Crippen LogP contribution in [0.3, 0.4) is 0 Å². The van der Waals surface area contributed by atoms with Gasteiger partial charge in [0.05, 0.1) is 0 Å². The molecule has 45 heavy (non-hydrogen) atoms. The summed E-state index contributed by atoms with van der Waals surface area (Å²) in [5.41, 5.74) is 0. The molecule has 3 heterocycles. The van der Waals surface area contributed by atoms with Crippen LogP contribution in [0.5, 0.6) is 0 Å². The van der Waals surface area contributed by atoms with Crippen LogP contribution in [-0.4, -0.2) is 114 Å². The number of hydrogen-bond acceptors (Lipinski definition) is 6. The van der Waals surface area contributed by atoms with Crippen molar-refractivity contribution in [3.05, 3.63) is 0 Å². The van der Waals surface area contributed by atoms with E-state index in [1.54, 1.807) is 0 Å². The zero-order chi connectivity index (χ0) is 28.1. The van der Waals surface area contributed by atoms with E-state index < -0.39 is 0 Å². The van der Waals surface area contributed by atoms with Crippen molar-refractivity contribution in [3.63, 3.8) is 0 Å². The standard InChI is InChI=1S/3C11H24N2.3ClH.3Ti/c3*1-13-10-6-3-2-4-8-12-9-5-7-11-13;;;;;;/h3*12H,2-11H2,1H3;3*1H;;;/q;;;;;;3*+2/p-3. The molecule has 0 bridgehead atoms. The molecule has 0 radical (unpaired) electrons. The quantitative estimate of drug-likeness (QED) is 0.223. The number of halogens is 3. The van der Waals surface area contributed by atoms with Gasteiger partial charge in [0.1, 0.15) is 0 Å². The van der Waals surface area contributed by atoms with Gasteiger partial charge in [0, 0.05) is 0 Å². The van der Waals surface area contributed by atoms with E-state index in [1.165, 1.54) is 194 Å². The summed E-state index contributed by atoms with van der Waals surface area (Å²) in [4.78, 5) is 7.42. The number of rotatable bonds is 0. The minimum Gasteiger partial charge on any atom is -1.00 e. The molecule has 0 saturated carbocycles. The van der Waals surface area contributed by atoms with Gasteiger partial charge in [-0.3, -0.25) is 0 Å². The van der Waals surface area contributed by atoms with Gasteiger partial charge in [0.25, 0.3) is 0 Å². The van der Waals surface area contributed by atoms with E-state index in [0.717, 1.165) is 0 Å². The Bertz CT molecular complexity index is 406. The molecule has 0 aromatic carbocycles. The third kappa shape index (κ3) is 46.8. The molecule has 3 saturated heterocycles. The van der Waals surface area contributed by atoms with Crippen molar-refractivity contribution in [2.24, 2.45) is 0 Å². The van der Waals surface area contributed by atoms with Gasteiger partial charge in [0.2, 0.25) is 0 Å². The van der Waals surface area contributed by atoms with E-state index in [0.29, 0.717) is 0 Å². The predicted octanol–water partition coefficient (Wildman–Crippen LogP) is -3.41. The third-order valence-corrected chi connectivity index (χ3v) is 8.36. The van der Waals surface area contributed by atoms with E-state index in [2.05, 4.69) is 51.8 Å². The monoisotopic (exact) mass is 801 g/mol. The van der Waals surface area contributed by atoms with Crippen LogP contribution < -0.4 is 53.2 Å². The Labute approximate surface area is 345 Å². The summed E-state index contributed by atoms with van der Waals surface area (Å²) in [6, 6.07) is 0. The SMILES string of the molecule is CN1CCCCCCNCCCC1.CN1CCCCCCNCCCC1.CN1CCCCCCNCCCC1.[Cl-].[Cl-].[Cl-].[Ti+2].[Ti+2].[Ti+2]. The van der Waals surface area contributed by atoms with Gasteiger partial charge < -0.3 is 67.9 Å². The van der Waals surface area contributed by atoms with Crippen LogP contribution in [0.2, 0.25) is 0 Å². The summed E-state index contributed by atoms with van der Waals surface area (Å²) in [5, 5.41) is 10.5. The van der Waals surface area contributed by atoms with Crippen molar-refractivity contribution in [1.29, 1.82) is 0 Å². The van der Waals surface area contributed by atoms with Gasteiger partial charge in [0.15, 0.2) is 0 Å². The number of nitrogens with one attached hydrogen (secondary N) is 3. The summed E-state index contributed by atoms with van der Waals surface area (Å²) in [5.74, 6) is 0. The predicted molar refractivity (Wildman–Crippen MR) is 174 cm³/mol. The molecule has 0 spiro atoms. The second-order valence-corrected chi connectivity index (χ2v) is 12.5. The molecule has 0 unspecified atom stereocenters. The largest absolute Gasteiger partial charge is 2.00 e. The fraction of sp³-hybridized carbons (Fsp3) is 1.00. The third-order valence-electron chi connectivity index (χ3n) is 8.36. The molecule has 0 atom stereocenters. The Morgan fingerprint density at radius 2 is 0.422 bits per heavy atom. The fourth-order valence-electron chi connectivity index (χ4n) is 5.56. The van der Waals surface area contributed by atoms with Gasteiger partial charge in [-0.05, 0) is 177 Å². The Morgan fingerprint density at radius 3 is 0.644 bits per heavy atom. The van der Waals surface area contributed by atoms with Crippen molar-refractivity contribution >= 4 is 0 Å². The molecular weight excluding hydrogens is 730 g/mol. The zero-order valence-corrected chi connectivity index (χ0v) is 36.6. The normalized spacial score (nSPS) is 21.4. The summed E-state index contributed by atoms with van der Waals surface area (Å²) in [6.07, 6.45) is 24.8. The topological polar surface area (TPSA) is 45.8 Å². The summed E-state index contributed by atoms with van der Waals surface area (Å²) in [7, 11) is 6.75. The van der Waals surface area contributed by atoms with E-state index in [1.807, 2.05) is 0 Å². The van der Waals surface area contributed by atoms with Crippen LogP contribution >= 0.6 is 0 Å². The molecule has 264 valence electrons. The van der Waals surface area contributed by atoms with Gasteiger partial charge in [-0.25, -0.2) is 0 Å². The Morgan fingerprint density at radius 1 is 0.267 bits per heavy atom. The molecule has 0 aliphatic carbocycles. The minimum absolute atomic E-state index is 0. The van der Waals surface area contributed by atoms with E-state index >= 15 is 0 Å². The molecule has 0 aromatic rings. The molecule has 12 heteroatoms. The second-order valence-electron chi connectivity index (χ2n) is 12.5. The van der Waals surface area contributed by atoms with E-state index in [4.69, 9.17) is 0 Å². The van der Waals surface area contributed by atoms with Crippen molar-refractivity contribution in [2.75, 3.05) is 99.7 Å². The average Bonchev–Trinajstić information content (AvgIpc) is 2.91. The van der Waals surface area contributed by atoms with E-state index in [-0.39, 0.29) is 102 Å². The number of hydrogen-bond donors (Lipinski definition) is 3. The van der Waals surface area contributed by atoms with Crippen LogP contribution in [0, 0.1) is 0 Å². The van der Waals surface area contributed by atoms with Crippen LogP contribution in [-0.2, 0) is 65.2 Å². The maximum absolute atomic E-state index is 3.50. The molecule has 0 aromatic heterocycles. The maximum Gasteiger partial charge on any atom is 2.00 e.